The summed E-state index contributed by atoms with van der Waals surface area (Å²) in [6.07, 6.45) is 4.93. The van der Waals surface area contributed by atoms with Crippen molar-refractivity contribution < 1.29 is 4.74 Å². The Morgan fingerprint density at radius 1 is 1.41 bits per heavy atom. The van der Waals surface area contributed by atoms with Gasteiger partial charge in [-0.25, -0.2) is 0 Å². The van der Waals surface area contributed by atoms with Crippen molar-refractivity contribution in [2.24, 2.45) is 0 Å². The Bertz CT molecular complexity index is 373. The number of hydrogen-bond donors (Lipinski definition) is 0. The van der Waals surface area contributed by atoms with Crippen LogP contribution >= 0.6 is 15.9 Å². The lowest BCUT2D eigenvalue weighted by Gasteiger charge is -2.26. The van der Waals surface area contributed by atoms with E-state index in [1.165, 1.54) is 34.4 Å². The number of halogens is 1. The van der Waals surface area contributed by atoms with Gasteiger partial charge in [-0.3, -0.25) is 0 Å². The average molecular weight is 296 g/mol. The van der Waals surface area contributed by atoms with Crippen LogP contribution in [-0.2, 0) is 11.2 Å². The smallest absolute Gasteiger partial charge is 0.0827 e. The fourth-order valence-electron chi connectivity index (χ4n) is 2.39. The predicted molar refractivity (Wildman–Crippen MR) is 75.0 cm³/mol. The Morgan fingerprint density at radius 3 is 3.00 bits per heavy atom. The van der Waals surface area contributed by atoms with Crippen molar-refractivity contribution in [3.8, 4) is 0 Å². The summed E-state index contributed by atoms with van der Waals surface area (Å²) < 4.78 is 7.08. The maximum Gasteiger partial charge on any atom is 0.0827 e. The van der Waals surface area contributed by atoms with Crippen LogP contribution in [-0.4, -0.2) is 6.61 Å². The maximum absolute atomic E-state index is 5.90. The molecule has 1 aliphatic rings. The molecule has 0 bridgehead atoms. The van der Waals surface area contributed by atoms with Crippen molar-refractivity contribution in [2.45, 2.75) is 45.6 Å². The van der Waals surface area contributed by atoms with Crippen LogP contribution < -0.4 is 0 Å². The molecular formula is C15H20BrO. The van der Waals surface area contributed by atoms with E-state index in [0.717, 1.165) is 19.4 Å². The summed E-state index contributed by atoms with van der Waals surface area (Å²) in [7, 11) is 0. The van der Waals surface area contributed by atoms with Gasteiger partial charge in [0.15, 0.2) is 0 Å². The Kier molecular flexibility index (Phi) is 4.63. The van der Waals surface area contributed by atoms with Gasteiger partial charge in [0.1, 0.15) is 0 Å². The Balaban J connectivity index is 2.02. The van der Waals surface area contributed by atoms with Crippen LogP contribution in [0.4, 0.5) is 0 Å². The van der Waals surface area contributed by atoms with E-state index in [1.54, 1.807) is 0 Å². The van der Waals surface area contributed by atoms with Crippen molar-refractivity contribution in [1.29, 1.82) is 0 Å². The minimum atomic E-state index is 0.311. The minimum absolute atomic E-state index is 0.311. The van der Waals surface area contributed by atoms with Gasteiger partial charge in [-0.05, 0) is 54.9 Å². The summed E-state index contributed by atoms with van der Waals surface area (Å²) >= 11 is 3.54. The molecule has 17 heavy (non-hydrogen) atoms. The highest BCUT2D eigenvalue weighted by molar-refractivity contribution is 9.10. The summed E-state index contributed by atoms with van der Waals surface area (Å²) in [5.74, 6) is 1.51. The molecule has 1 aliphatic heterocycles. The van der Waals surface area contributed by atoms with E-state index in [-0.39, 0.29) is 0 Å². The summed E-state index contributed by atoms with van der Waals surface area (Å²) in [6.45, 7) is 5.27. The van der Waals surface area contributed by atoms with Gasteiger partial charge < -0.3 is 4.74 Å². The molecule has 1 nitrogen and oxygen atoms in total. The van der Waals surface area contributed by atoms with Crippen LogP contribution in [0, 0.1) is 5.92 Å². The van der Waals surface area contributed by atoms with Gasteiger partial charge in [0.25, 0.3) is 0 Å². The number of benzene rings is 1. The van der Waals surface area contributed by atoms with Crippen LogP contribution in [0.5, 0.6) is 0 Å². The lowest BCUT2D eigenvalue weighted by Crippen LogP contribution is -2.16. The summed E-state index contributed by atoms with van der Waals surface area (Å²) in [5, 5.41) is 0. The third kappa shape index (κ3) is 3.56. The van der Waals surface area contributed by atoms with Gasteiger partial charge in [0.2, 0.25) is 0 Å². The first-order valence-electron chi connectivity index (χ1n) is 6.36. The van der Waals surface area contributed by atoms with E-state index in [0.29, 0.717) is 6.10 Å². The standard InChI is InChI=1S/C15H20BrO/c1-11(2)4-3-5-15-14-7-6-13(16)10-12(14)8-9-17-15/h6-7,10,15H,3-5,8-9H2,1-2H3/t15-/m0/s1. The van der Waals surface area contributed by atoms with E-state index in [9.17, 15) is 0 Å². The molecule has 0 N–H and O–H groups in total. The highest BCUT2D eigenvalue weighted by atomic mass is 79.9. The summed E-state index contributed by atoms with van der Waals surface area (Å²) in [4.78, 5) is 0. The first-order valence-corrected chi connectivity index (χ1v) is 7.15. The molecule has 1 radical (unpaired) electrons. The number of hydrogen-bond acceptors (Lipinski definition) is 1. The first-order chi connectivity index (χ1) is 8.16. The Hall–Kier alpha value is -0.340. The molecule has 0 saturated heterocycles. The maximum atomic E-state index is 5.90. The summed E-state index contributed by atoms with van der Waals surface area (Å²) in [5.41, 5.74) is 2.85. The Morgan fingerprint density at radius 2 is 2.24 bits per heavy atom. The molecule has 1 atom stereocenters. The summed E-state index contributed by atoms with van der Waals surface area (Å²) in [6, 6.07) is 6.57. The molecule has 0 unspecified atom stereocenters. The SMILES string of the molecule is C[C](C)CCC[C@@H]1OCCc2cc(Br)ccc21. The molecule has 0 amide bonds. The van der Waals surface area contributed by atoms with E-state index in [2.05, 4.69) is 48.0 Å². The Labute approximate surface area is 113 Å². The van der Waals surface area contributed by atoms with E-state index in [1.807, 2.05) is 0 Å². The van der Waals surface area contributed by atoms with Crippen molar-refractivity contribution in [3.63, 3.8) is 0 Å². The third-order valence-corrected chi connectivity index (χ3v) is 3.78. The zero-order valence-electron chi connectivity index (χ0n) is 10.6. The van der Waals surface area contributed by atoms with Gasteiger partial charge in [0, 0.05) is 4.47 Å². The van der Waals surface area contributed by atoms with Crippen LogP contribution in [0.1, 0.15) is 50.3 Å². The van der Waals surface area contributed by atoms with Gasteiger partial charge in [-0.1, -0.05) is 35.8 Å². The van der Waals surface area contributed by atoms with Crippen LogP contribution in [0.15, 0.2) is 22.7 Å². The fraction of sp³-hybridized carbons (Fsp3) is 0.533. The van der Waals surface area contributed by atoms with Gasteiger partial charge in [-0.15, -0.1) is 0 Å². The zero-order valence-corrected chi connectivity index (χ0v) is 12.2. The lowest BCUT2D eigenvalue weighted by atomic mass is 9.93. The highest BCUT2D eigenvalue weighted by Gasteiger charge is 2.20. The monoisotopic (exact) mass is 295 g/mol. The van der Waals surface area contributed by atoms with Crippen LogP contribution in [0.2, 0.25) is 0 Å². The minimum Gasteiger partial charge on any atom is -0.373 e. The molecule has 0 fully saturated rings. The lowest BCUT2D eigenvalue weighted by molar-refractivity contribution is 0.0351. The molecule has 2 rings (SSSR count). The number of fused-ring (bicyclic) bond motifs is 1. The fourth-order valence-corrected chi connectivity index (χ4v) is 2.79. The van der Waals surface area contributed by atoms with E-state index in [4.69, 9.17) is 4.74 Å². The molecule has 93 valence electrons. The molecular weight excluding hydrogens is 276 g/mol. The van der Waals surface area contributed by atoms with Crippen LogP contribution in [0.25, 0.3) is 0 Å². The van der Waals surface area contributed by atoms with Crippen LogP contribution in [0.3, 0.4) is 0 Å². The molecule has 0 aliphatic carbocycles. The van der Waals surface area contributed by atoms with E-state index >= 15 is 0 Å². The average Bonchev–Trinajstić information content (AvgIpc) is 2.28. The quantitative estimate of drug-likeness (QED) is 0.772. The van der Waals surface area contributed by atoms with Crippen molar-refractivity contribution in [2.75, 3.05) is 6.61 Å². The molecule has 0 spiro atoms. The number of ether oxygens (including phenoxy) is 1. The first kappa shape index (κ1) is 13.1. The second-order valence-electron chi connectivity index (χ2n) is 5.05. The molecule has 1 aromatic carbocycles. The largest absolute Gasteiger partial charge is 0.373 e. The second-order valence-corrected chi connectivity index (χ2v) is 5.97. The van der Waals surface area contributed by atoms with Gasteiger partial charge in [-0.2, -0.15) is 0 Å². The van der Waals surface area contributed by atoms with Gasteiger partial charge in [0.05, 0.1) is 12.7 Å². The number of rotatable bonds is 4. The zero-order chi connectivity index (χ0) is 12.3. The second kappa shape index (κ2) is 6.01. The van der Waals surface area contributed by atoms with Crippen molar-refractivity contribution in [3.05, 3.63) is 39.7 Å². The third-order valence-electron chi connectivity index (χ3n) is 3.29. The van der Waals surface area contributed by atoms with Crippen molar-refractivity contribution >= 4 is 15.9 Å². The van der Waals surface area contributed by atoms with Crippen molar-refractivity contribution in [1.82, 2.24) is 0 Å². The molecule has 1 aromatic rings. The topological polar surface area (TPSA) is 9.23 Å². The normalized spacial score (nSPS) is 19.4. The predicted octanol–water partition coefficient (Wildman–Crippen LogP) is 4.85. The van der Waals surface area contributed by atoms with E-state index < -0.39 is 0 Å². The van der Waals surface area contributed by atoms with Gasteiger partial charge >= 0.3 is 0 Å². The molecule has 1 heterocycles. The molecule has 0 aromatic heterocycles. The molecule has 2 heteroatoms. The molecule has 0 saturated carbocycles. The highest BCUT2D eigenvalue weighted by Crippen LogP contribution is 2.33.